The number of benzene rings is 1. The molecule has 2 unspecified atom stereocenters. The minimum atomic E-state index is -4.54. The quantitative estimate of drug-likeness (QED) is 0.850. The third-order valence-electron chi connectivity index (χ3n) is 4.86. The number of nitrogens with zero attached hydrogens (tertiary/aromatic N) is 2. The van der Waals surface area contributed by atoms with Crippen molar-refractivity contribution in [2.45, 2.75) is 32.0 Å². The van der Waals surface area contributed by atoms with Gasteiger partial charge in [-0.2, -0.15) is 18.4 Å². The van der Waals surface area contributed by atoms with Crippen molar-refractivity contribution in [1.82, 2.24) is 10.3 Å². The first-order valence-electron chi connectivity index (χ1n) is 8.68. The molecule has 0 saturated heterocycles. The molecule has 2 atom stereocenters. The Labute approximate surface area is 164 Å². The van der Waals surface area contributed by atoms with Gasteiger partial charge in [0.05, 0.1) is 17.5 Å². The molecule has 2 aromatic rings. The second-order valence-corrected chi connectivity index (χ2v) is 6.74. The highest BCUT2D eigenvalue weighted by Gasteiger charge is 2.38. The normalized spacial score (nSPS) is 19.5. The fourth-order valence-electron chi connectivity index (χ4n) is 3.55. The van der Waals surface area contributed by atoms with Gasteiger partial charge >= 0.3 is 6.18 Å². The van der Waals surface area contributed by atoms with Crippen molar-refractivity contribution in [3.8, 4) is 6.07 Å². The van der Waals surface area contributed by atoms with Crippen LogP contribution in [-0.2, 0) is 15.8 Å². The minimum Gasteiger partial charge on any atom is -0.344 e. The van der Waals surface area contributed by atoms with Crippen molar-refractivity contribution in [2.75, 3.05) is 0 Å². The second-order valence-electron chi connectivity index (χ2n) is 6.74. The second kappa shape index (κ2) is 7.51. The largest absolute Gasteiger partial charge is 0.416 e. The standard InChI is InChI=1S/C21H16F3N3O2/c1-11-17(12(2)28)19(14-6-7-16(9-25)26-10-14)27-20(29)18(11)13-4-3-5-15(8-13)21(22,23)24/h3-8,10,18-19H,1-2H3,(H,27,29). The van der Waals surface area contributed by atoms with Gasteiger partial charge in [0.1, 0.15) is 11.8 Å². The van der Waals surface area contributed by atoms with E-state index in [4.69, 9.17) is 5.26 Å². The van der Waals surface area contributed by atoms with Crippen LogP contribution in [0.1, 0.15) is 48.2 Å². The van der Waals surface area contributed by atoms with Gasteiger partial charge in [-0.05, 0) is 42.7 Å². The molecule has 0 bridgehead atoms. The van der Waals surface area contributed by atoms with Gasteiger partial charge in [-0.1, -0.05) is 24.3 Å². The number of nitrogens with one attached hydrogen (secondary N) is 1. The summed E-state index contributed by atoms with van der Waals surface area (Å²) in [6.45, 7) is 2.91. The van der Waals surface area contributed by atoms with Gasteiger partial charge in [0, 0.05) is 11.8 Å². The summed E-state index contributed by atoms with van der Waals surface area (Å²) < 4.78 is 39.2. The average molecular weight is 399 g/mol. The average Bonchev–Trinajstić information content (AvgIpc) is 2.67. The van der Waals surface area contributed by atoms with Crippen LogP contribution in [0.5, 0.6) is 0 Å². The lowest BCUT2D eigenvalue weighted by Crippen LogP contribution is -2.41. The lowest BCUT2D eigenvalue weighted by Gasteiger charge is -2.33. The van der Waals surface area contributed by atoms with Crippen molar-refractivity contribution >= 4 is 11.7 Å². The Morgan fingerprint density at radius 1 is 1.21 bits per heavy atom. The molecule has 0 radical (unpaired) electrons. The van der Waals surface area contributed by atoms with E-state index in [0.29, 0.717) is 16.7 Å². The highest BCUT2D eigenvalue weighted by molar-refractivity contribution is 6.01. The van der Waals surface area contributed by atoms with Crippen LogP contribution < -0.4 is 5.32 Å². The fourth-order valence-corrected chi connectivity index (χ4v) is 3.55. The molecule has 0 fully saturated rings. The molecular weight excluding hydrogens is 383 g/mol. The van der Waals surface area contributed by atoms with Gasteiger partial charge in [0.15, 0.2) is 5.78 Å². The van der Waals surface area contributed by atoms with E-state index in [1.165, 1.54) is 31.3 Å². The molecule has 0 aliphatic carbocycles. The molecule has 5 nitrogen and oxygen atoms in total. The first-order chi connectivity index (χ1) is 13.6. The summed E-state index contributed by atoms with van der Waals surface area (Å²) in [5, 5.41) is 11.6. The van der Waals surface area contributed by atoms with Gasteiger partial charge in [-0.3, -0.25) is 9.59 Å². The highest BCUT2D eigenvalue weighted by atomic mass is 19.4. The summed E-state index contributed by atoms with van der Waals surface area (Å²) >= 11 is 0. The van der Waals surface area contributed by atoms with E-state index >= 15 is 0 Å². The van der Waals surface area contributed by atoms with E-state index in [2.05, 4.69) is 10.3 Å². The molecule has 0 spiro atoms. The van der Waals surface area contributed by atoms with E-state index < -0.39 is 29.6 Å². The minimum absolute atomic E-state index is 0.157. The van der Waals surface area contributed by atoms with E-state index in [-0.39, 0.29) is 17.0 Å². The molecule has 1 aliphatic heterocycles. The Morgan fingerprint density at radius 2 is 1.93 bits per heavy atom. The van der Waals surface area contributed by atoms with Crippen LogP contribution in [0.15, 0.2) is 53.7 Å². The Morgan fingerprint density at radius 3 is 2.48 bits per heavy atom. The number of rotatable bonds is 3. The van der Waals surface area contributed by atoms with Crippen LogP contribution >= 0.6 is 0 Å². The number of pyridine rings is 1. The number of hydrogen-bond acceptors (Lipinski definition) is 4. The number of carbonyl (C=O) groups excluding carboxylic acids is 2. The summed E-state index contributed by atoms with van der Waals surface area (Å²) in [6, 6.07) is 8.67. The third-order valence-corrected chi connectivity index (χ3v) is 4.86. The number of alkyl halides is 3. The fraction of sp³-hybridized carbons (Fsp3) is 0.238. The maximum Gasteiger partial charge on any atom is 0.416 e. The van der Waals surface area contributed by atoms with Crippen molar-refractivity contribution in [3.05, 3.63) is 76.1 Å². The van der Waals surface area contributed by atoms with Crippen molar-refractivity contribution in [3.63, 3.8) is 0 Å². The number of nitriles is 1. The van der Waals surface area contributed by atoms with E-state index in [9.17, 15) is 22.8 Å². The topological polar surface area (TPSA) is 82.9 Å². The molecule has 8 heteroatoms. The maximum absolute atomic E-state index is 13.1. The van der Waals surface area contributed by atoms with Crippen LogP contribution in [0.25, 0.3) is 0 Å². The van der Waals surface area contributed by atoms with Gasteiger partial charge in [0.25, 0.3) is 0 Å². The molecule has 1 aliphatic rings. The molecule has 1 N–H and O–H groups in total. The molecule has 1 aromatic carbocycles. The first kappa shape index (κ1) is 20.3. The highest BCUT2D eigenvalue weighted by Crippen LogP contribution is 2.39. The van der Waals surface area contributed by atoms with Crippen LogP contribution in [-0.4, -0.2) is 16.7 Å². The van der Waals surface area contributed by atoms with E-state index in [1.807, 2.05) is 6.07 Å². The SMILES string of the molecule is CC(=O)C1=C(C)C(c2cccc(C(F)(F)F)c2)C(=O)NC1c1ccc(C#N)nc1. The number of hydrogen-bond donors (Lipinski definition) is 1. The molecule has 148 valence electrons. The molecule has 1 aromatic heterocycles. The number of carbonyl (C=O) groups is 2. The summed E-state index contributed by atoms with van der Waals surface area (Å²) in [5.41, 5.74) is 0.656. The van der Waals surface area contributed by atoms with Crippen LogP contribution in [0.2, 0.25) is 0 Å². The third kappa shape index (κ3) is 3.90. The van der Waals surface area contributed by atoms with Crippen molar-refractivity contribution in [2.24, 2.45) is 0 Å². The number of ketones is 1. The molecule has 2 heterocycles. The Bertz CT molecular complexity index is 1050. The first-order valence-corrected chi connectivity index (χ1v) is 8.68. The van der Waals surface area contributed by atoms with Gasteiger partial charge < -0.3 is 5.32 Å². The maximum atomic E-state index is 13.1. The lowest BCUT2D eigenvalue weighted by atomic mass is 9.79. The molecule has 29 heavy (non-hydrogen) atoms. The molecule has 3 rings (SSSR count). The van der Waals surface area contributed by atoms with Gasteiger partial charge in [-0.15, -0.1) is 0 Å². The number of amides is 1. The van der Waals surface area contributed by atoms with Crippen LogP contribution in [0.4, 0.5) is 13.2 Å². The lowest BCUT2D eigenvalue weighted by molar-refractivity contribution is -0.137. The predicted molar refractivity (Wildman–Crippen MR) is 97.4 cm³/mol. The number of Topliss-reactive ketones (excluding diaryl/α,β-unsaturated/α-hetero) is 1. The van der Waals surface area contributed by atoms with Gasteiger partial charge in [0.2, 0.25) is 5.91 Å². The predicted octanol–water partition coefficient (Wildman–Crippen LogP) is 3.83. The monoisotopic (exact) mass is 399 g/mol. The number of halogens is 3. The molecule has 1 amide bonds. The molecular formula is C21H16F3N3O2. The Balaban J connectivity index is 2.10. The summed E-state index contributed by atoms with van der Waals surface area (Å²) in [5.74, 6) is -1.84. The van der Waals surface area contributed by atoms with E-state index in [0.717, 1.165) is 12.1 Å². The van der Waals surface area contributed by atoms with Crippen LogP contribution in [0.3, 0.4) is 0 Å². The van der Waals surface area contributed by atoms with E-state index in [1.54, 1.807) is 13.0 Å². The zero-order valence-electron chi connectivity index (χ0n) is 15.5. The Kier molecular flexibility index (Phi) is 5.25. The van der Waals surface area contributed by atoms with Gasteiger partial charge in [-0.25, -0.2) is 4.98 Å². The summed E-state index contributed by atoms with van der Waals surface area (Å²) in [4.78, 5) is 29.2. The molecule has 0 saturated carbocycles. The zero-order chi connectivity index (χ0) is 21.3. The van der Waals surface area contributed by atoms with Crippen LogP contribution in [0, 0.1) is 11.3 Å². The Hall–Kier alpha value is -3.47. The number of aromatic nitrogens is 1. The zero-order valence-corrected chi connectivity index (χ0v) is 15.5. The van der Waals surface area contributed by atoms with Crippen molar-refractivity contribution in [1.29, 1.82) is 5.26 Å². The smallest absolute Gasteiger partial charge is 0.344 e. The summed E-state index contributed by atoms with van der Waals surface area (Å²) in [6.07, 6.45) is -3.15. The summed E-state index contributed by atoms with van der Waals surface area (Å²) in [7, 11) is 0. The van der Waals surface area contributed by atoms with Crippen molar-refractivity contribution < 1.29 is 22.8 Å².